The van der Waals surface area contributed by atoms with Crippen LogP contribution in [-0.2, 0) is 0 Å². The molecule has 0 unspecified atom stereocenters. The van der Waals surface area contributed by atoms with Crippen molar-refractivity contribution in [3.8, 4) is 0 Å². The zero-order chi connectivity index (χ0) is 9.68. The zero-order valence-corrected chi connectivity index (χ0v) is 7.67. The fourth-order valence-electron chi connectivity index (χ4n) is 0.911. The predicted molar refractivity (Wildman–Crippen MR) is 54.0 cm³/mol. The summed E-state index contributed by atoms with van der Waals surface area (Å²) < 4.78 is 0. The lowest BCUT2D eigenvalue weighted by Crippen LogP contribution is -2.11. The topological polar surface area (TPSA) is 74.8 Å². The van der Waals surface area contributed by atoms with E-state index in [9.17, 15) is 0 Å². The molecule has 0 bridgehead atoms. The highest BCUT2D eigenvalue weighted by molar-refractivity contribution is 5.94. The van der Waals surface area contributed by atoms with Gasteiger partial charge >= 0.3 is 0 Å². The summed E-state index contributed by atoms with van der Waals surface area (Å²) in [5, 5.41) is 10.3. The summed E-state index contributed by atoms with van der Waals surface area (Å²) in [6.45, 7) is 3.00. The van der Waals surface area contributed by atoms with E-state index < -0.39 is 0 Å². The lowest BCUT2D eigenvalue weighted by molar-refractivity contribution is 0.969. The van der Waals surface area contributed by atoms with Crippen LogP contribution in [0.1, 0.15) is 18.9 Å². The molecule has 0 spiro atoms. The number of nitrogens with zero attached hydrogens (tertiary/aromatic N) is 1. The third-order valence-corrected chi connectivity index (χ3v) is 1.63. The van der Waals surface area contributed by atoms with Crippen molar-refractivity contribution in [2.75, 3.05) is 11.9 Å². The zero-order valence-electron chi connectivity index (χ0n) is 7.67. The van der Waals surface area contributed by atoms with E-state index in [1.165, 1.54) is 0 Å². The van der Waals surface area contributed by atoms with Gasteiger partial charge in [0.1, 0.15) is 11.7 Å². The van der Waals surface area contributed by atoms with Gasteiger partial charge in [-0.15, -0.1) is 0 Å². The van der Waals surface area contributed by atoms with Crippen LogP contribution in [0.25, 0.3) is 0 Å². The summed E-state index contributed by atoms with van der Waals surface area (Å²) in [6, 6.07) is 3.61. The van der Waals surface area contributed by atoms with Gasteiger partial charge in [-0.2, -0.15) is 0 Å². The number of hydrogen-bond acceptors (Lipinski definition) is 3. The average Bonchev–Trinajstić information content (AvgIpc) is 2.15. The molecule has 0 aliphatic rings. The Hall–Kier alpha value is -1.58. The fourth-order valence-corrected chi connectivity index (χ4v) is 0.911. The number of amidine groups is 1. The molecule has 0 saturated heterocycles. The van der Waals surface area contributed by atoms with Crippen molar-refractivity contribution in [1.82, 2.24) is 4.98 Å². The van der Waals surface area contributed by atoms with Gasteiger partial charge in [-0.1, -0.05) is 6.92 Å². The van der Waals surface area contributed by atoms with E-state index in [1.54, 1.807) is 12.3 Å². The molecule has 0 fully saturated rings. The molecule has 13 heavy (non-hydrogen) atoms. The second-order valence-corrected chi connectivity index (χ2v) is 2.77. The number of aromatic nitrogens is 1. The van der Waals surface area contributed by atoms with Gasteiger partial charge in [0.15, 0.2) is 0 Å². The van der Waals surface area contributed by atoms with Gasteiger partial charge in [-0.25, -0.2) is 4.98 Å². The quantitative estimate of drug-likeness (QED) is 0.479. The fraction of sp³-hybridized carbons (Fsp3) is 0.333. The van der Waals surface area contributed by atoms with Crippen LogP contribution in [0.5, 0.6) is 0 Å². The molecule has 1 rings (SSSR count). The van der Waals surface area contributed by atoms with E-state index in [1.807, 2.05) is 6.07 Å². The minimum atomic E-state index is 0.0505. The monoisotopic (exact) mass is 178 g/mol. The number of nitrogens with two attached hydrogens (primary N) is 1. The standard InChI is InChI=1S/C9H14N4/c1-2-5-12-8-4-3-7(6-13-8)9(10)11/h3-4,6H,2,5H2,1H3,(H3,10,11)(H,12,13). The first-order chi connectivity index (χ1) is 6.24. The summed E-state index contributed by atoms with van der Waals surface area (Å²) >= 11 is 0. The van der Waals surface area contributed by atoms with Crippen molar-refractivity contribution >= 4 is 11.7 Å². The van der Waals surface area contributed by atoms with Gasteiger partial charge in [0.2, 0.25) is 0 Å². The van der Waals surface area contributed by atoms with Crippen molar-refractivity contribution in [2.24, 2.45) is 5.73 Å². The van der Waals surface area contributed by atoms with Gasteiger partial charge < -0.3 is 11.1 Å². The molecule has 1 aromatic heterocycles. The lowest BCUT2D eigenvalue weighted by atomic mass is 10.2. The molecule has 1 heterocycles. The van der Waals surface area contributed by atoms with Crippen LogP contribution in [-0.4, -0.2) is 17.4 Å². The SMILES string of the molecule is CCCNc1ccc(C(=N)N)cn1. The third-order valence-electron chi connectivity index (χ3n) is 1.63. The summed E-state index contributed by atoms with van der Waals surface area (Å²) in [7, 11) is 0. The lowest BCUT2D eigenvalue weighted by Gasteiger charge is -2.03. The van der Waals surface area contributed by atoms with E-state index >= 15 is 0 Å². The number of pyridine rings is 1. The molecule has 4 nitrogen and oxygen atoms in total. The Morgan fingerprint density at radius 3 is 2.85 bits per heavy atom. The van der Waals surface area contributed by atoms with E-state index in [2.05, 4.69) is 17.2 Å². The second-order valence-electron chi connectivity index (χ2n) is 2.77. The molecule has 4 N–H and O–H groups in total. The largest absolute Gasteiger partial charge is 0.384 e. The first-order valence-corrected chi connectivity index (χ1v) is 4.28. The van der Waals surface area contributed by atoms with Crippen LogP contribution < -0.4 is 11.1 Å². The number of anilines is 1. The summed E-state index contributed by atoms with van der Waals surface area (Å²) in [5.74, 6) is 0.876. The molecule has 0 aliphatic heterocycles. The van der Waals surface area contributed by atoms with Crippen LogP contribution in [0.15, 0.2) is 18.3 Å². The first-order valence-electron chi connectivity index (χ1n) is 4.28. The third kappa shape index (κ3) is 2.74. The summed E-state index contributed by atoms with van der Waals surface area (Å²) in [4.78, 5) is 4.11. The molecule has 70 valence electrons. The Morgan fingerprint density at radius 2 is 2.38 bits per heavy atom. The number of nitrogens with one attached hydrogen (secondary N) is 2. The average molecular weight is 178 g/mol. The highest BCUT2D eigenvalue weighted by Gasteiger charge is 1.96. The van der Waals surface area contributed by atoms with Gasteiger partial charge in [-0.05, 0) is 18.6 Å². The van der Waals surface area contributed by atoms with E-state index in [0.29, 0.717) is 5.56 Å². The van der Waals surface area contributed by atoms with Crippen LogP contribution in [0, 0.1) is 5.41 Å². The van der Waals surface area contributed by atoms with Crippen molar-refractivity contribution in [3.63, 3.8) is 0 Å². The normalized spacial score (nSPS) is 9.62. The maximum Gasteiger partial charge on any atom is 0.125 e. The Bertz CT molecular complexity index is 278. The minimum absolute atomic E-state index is 0.0505. The van der Waals surface area contributed by atoms with Crippen molar-refractivity contribution in [1.29, 1.82) is 5.41 Å². The van der Waals surface area contributed by atoms with Gasteiger partial charge in [0.25, 0.3) is 0 Å². The highest BCUT2D eigenvalue weighted by Crippen LogP contribution is 2.03. The van der Waals surface area contributed by atoms with Crippen LogP contribution >= 0.6 is 0 Å². The molecule has 4 heteroatoms. The maximum atomic E-state index is 7.16. The molecule has 0 aliphatic carbocycles. The van der Waals surface area contributed by atoms with Crippen LogP contribution in [0.2, 0.25) is 0 Å². The van der Waals surface area contributed by atoms with Crippen molar-refractivity contribution in [3.05, 3.63) is 23.9 Å². The van der Waals surface area contributed by atoms with Crippen LogP contribution in [0.4, 0.5) is 5.82 Å². The number of hydrogen-bond donors (Lipinski definition) is 3. The minimum Gasteiger partial charge on any atom is -0.384 e. The molecule has 0 atom stereocenters. The van der Waals surface area contributed by atoms with E-state index in [0.717, 1.165) is 18.8 Å². The molecule has 0 saturated carbocycles. The van der Waals surface area contributed by atoms with E-state index in [4.69, 9.17) is 11.1 Å². The van der Waals surface area contributed by atoms with Crippen molar-refractivity contribution < 1.29 is 0 Å². The van der Waals surface area contributed by atoms with Gasteiger partial charge in [0.05, 0.1) is 0 Å². The predicted octanol–water partition coefficient (Wildman–Crippen LogP) is 1.19. The van der Waals surface area contributed by atoms with Crippen molar-refractivity contribution in [2.45, 2.75) is 13.3 Å². The van der Waals surface area contributed by atoms with Crippen LogP contribution in [0.3, 0.4) is 0 Å². The molecular formula is C9H14N4. The Labute approximate surface area is 77.7 Å². The molecule has 1 aromatic rings. The summed E-state index contributed by atoms with van der Waals surface area (Å²) in [6.07, 6.45) is 2.66. The smallest absolute Gasteiger partial charge is 0.125 e. The van der Waals surface area contributed by atoms with Gasteiger partial charge in [-0.3, -0.25) is 5.41 Å². The second kappa shape index (κ2) is 4.45. The number of rotatable bonds is 4. The molecular weight excluding hydrogens is 164 g/mol. The Kier molecular flexibility index (Phi) is 3.25. The first kappa shape index (κ1) is 9.51. The Morgan fingerprint density at radius 1 is 1.62 bits per heavy atom. The molecule has 0 amide bonds. The summed E-state index contributed by atoms with van der Waals surface area (Å²) in [5.41, 5.74) is 5.94. The molecule has 0 radical (unpaired) electrons. The van der Waals surface area contributed by atoms with E-state index in [-0.39, 0.29) is 5.84 Å². The maximum absolute atomic E-state index is 7.16. The molecule has 0 aromatic carbocycles. The number of nitrogen functional groups attached to an aromatic ring is 1. The van der Waals surface area contributed by atoms with Gasteiger partial charge in [0, 0.05) is 18.3 Å². The Balaban J connectivity index is 2.64. The highest BCUT2D eigenvalue weighted by atomic mass is 15.0.